The number of thioether (sulfide) groups is 1. The lowest BCUT2D eigenvalue weighted by molar-refractivity contribution is 1.27. The Morgan fingerprint density at radius 2 is 1.94 bits per heavy atom. The van der Waals surface area contributed by atoms with Crippen LogP contribution in [0.3, 0.4) is 0 Å². The maximum Gasteiger partial charge on any atom is 0.0890 e. The van der Waals surface area contributed by atoms with E-state index in [4.69, 9.17) is 0 Å². The van der Waals surface area contributed by atoms with Crippen LogP contribution < -0.4 is 9.75 Å². The maximum absolute atomic E-state index is 4.53. The topological polar surface area (TPSA) is 12.9 Å². The van der Waals surface area contributed by atoms with Crippen LogP contribution in [0.25, 0.3) is 11.0 Å². The molecule has 4 rings (SSSR count). The fraction of sp³-hybridized carbons (Fsp3) is 0. The first kappa shape index (κ1) is 10.4. The zero-order valence-electron chi connectivity index (χ0n) is 9.46. The molecule has 0 unspecified atom stereocenters. The first-order valence-corrected chi connectivity index (χ1v) is 7.48. The predicted molar refractivity (Wildman–Crippen MR) is 78.2 cm³/mol. The van der Waals surface area contributed by atoms with Crippen molar-refractivity contribution < 1.29 is 0 Å². The molecule has 18 heavy (non-hydrogen) atoms. The van der Waals surface area contributed by atoms with Crippen LogP contribution in [0.2, 0.25) is 0 Å². The van der Waals surface area contributed by atoms with Gasteiger partial charge in [-0.2, -0.15) is 0 Å². The number of fused-ring (bicyclic) bond motifs is 3. The van der Waals surface area contributed by atoms with Crippen LogP contribution in [0.15, 0.2) is 52.9 Å². The highest BCUT2D eigenvalue weighted by Gasteiger charge is 2.10. The Kier molecular flexibility index (Phi) is 2.28. The van der Waals surface area contributed by atoms with E-state index in [0.717, 1.165) is 5.35 Å². The number of allylic oxidation sites excluding steroid dienone is 2. The Hall–Kier alpha value is -1.58. The Morgan fingerprint density at radius 1 is 1.06 bits per heavy atom. The Balaban J connectivity index is 2.40. The fourth-order valence-electron chi connectivity index (χ4n) is 2.32. The number of hydrogen-bond acceptors (Lipinski definition) is 3. The van der Waals surface area contributed by atoms with E-state index in [0.29, 0.717) is 0 Å². The predicted octanol–water partition coefficient (Wildman–Crippen LogP) is 2.52. The molecule has 2 aromatic rings. The quantitative estimate of drug-likeness (QED) is 0.727. The summed E-state index contributed by atoms with van der Waals surface area (Å²) in [6, 6.07) is 8.53. The summed E-state index contributed by atoms with van der Waals surface area (Å²) in [6.45, 7) is 0. The van der Waals surface area contributed by atoms with Gasteiger partial charge in [0.25, 0.3) is 0 Å². The standard InChI is InChI=1S/C15H9NS2/c1-2-6-12-11(5-1)14-13(18-9-16-14)8-10-4-3-7-17-15(10)12/h1-9H. The number of rotatable bonds is 0. The molecule has 0 radical (unpaired) electrons. The molecule has 0 saturated carbocycles. The van der Waals surface area contributed by atoms with Crippen molar-refractivity contribution in [1.29, 1.82) is 0 Å². The van der Waals surface area contributed by atoms with Crippen LogP contribution in [-0.2, 0) is 0 Å². The molecule has 3 heteroatoms. The Labute approximate surface area is 112 Å². The smallest absolute Gasteiger partial charge is 0.0890 e. The van der Waals surface area contributed by atoms with Gasteiger partial charge in [-0.15, -0.1) is 11.3 Å². The van der Waals surface area contributed by atoms with Crippen LogP contribution in [0.4, 0.5) is 0 Å². The van der Waals surface area contributed by atoms with Gasteiger partial charge in [-0.05, 0) is 22.3 Å². The number of benzene rings is 1. The van der Waals surface area contributed by atoms with Gasteiger partial charge in [0.2, 0.25) is 0 Å². The molecule has 0 bridgehead atoms. The largest absolute Gasteiger partial charge is 0.244 e. The molecule has 0 amide bonds. The maximum atomic E-state index is 4.53. The van der Waals surface area contributed by atoms with E-state index in [1.54, 1.807) is 23.1 Å². The van der Waals surface area contributed by atoms with Crippen molar-refractivity contribution in [3.05, 3.63) is 73.2 Å². The normalized spacial score (nSPS) is 16.0. The molecule has 0 N–H and O–H groups in total. The average molecular weight is 267 g/mol. The molecule has 1 aromatic carbocycles. The summed E-state index contributed by atoms with van der Waals surface area (Å²) in [5.41, 5.74) is 3.22. The second-order valence-corrected chi connectivity index (χ2v) is 5.96. The lowest BCUT2D eigenvalue weighted by Crippen LogP contribution is -2.07. The second kappa shape index (κ2) is 3.97. The van der Waals surface area contributed by atoms with Gasteiger partial charge < -0.3 is 0 Å². The van der Waals surface area contributed by atoms with E-state index in [1.807, 2.05) is 5.51 Å². The molecule has 86 valence electrons. The van der Waals surface area contributed by atoms with E-state index < -0.39 is 0 Å². The molecule has 1 aliphatic carbocycles. The lowest BCUT2D eigenvalue weighted by Gasteiger charge is -2.08. The number of thiazole rings is 1. The van der Waals surface area contributed by atoms with Crippen molar-refractivity contribution in [3.8, 4) is 0 Å². The first-order chi connectivity index (χ1) is 8.93. The van der Waals surface area contributed by atoms with Gasteiger partial charge in [0.05, 0.1) is 15.4 Å². The highest BCUT2D eigenvalue weighted by Crippen LogP contribution is 2.31. The Morgan fingerprint density at radius 3 is 2.89 bits per heavy atom. The third-order valence-corrected chi connectivity index (χ3v) is 4.87. The van der Waals surface area contributed by atoms with Gasteiger partial charge in [-0.3, -0.25) is 0 Å². The van der Waals surface area contributed by atoms with Gasteiger partial charge in [0.15, 0.2) is 0 Å². The minimum Gasteiger partial charge on any atom is -0.244 e. The second-order valence-electron chi connectivity index (χ2n) is 4.15. The summed E-state index contributed by atoms with van der Waals surface area (Å²) in [5, 5.41) is 5.78. The monoisotopic (exact) mass is 267 g/mol. The van der Waals surface area contributed by atoms with Crippen LogP contribution in [0.5, 0.6) is 0 Å². The molecule has 1 nitrogen and oxygen atoms in total. The third-order valence-electron chi connectivity index (χ3n) is 3.11. The summed E-state index contributed by atoms with van der Waals surface area (Å²) in [6.07, 6.45) is 6.53. The molecule has 0 atom stereocenters. The van der Waals surface area contributed by atoms with Gasteiger partial charge in [0.1, 0.15) is 0 Å². The van der Waals surface area contributed by atoms with Crippen LogP contribution >= 0.6 is 23.1 Å². The van der Waals surface area contributed by atoms with Gasteiger partial charge >= 0.3 is 0 Å². The lowest BCUT2D eigenvalue weighted by atomic mass is 10.1. The summed E-state index contributed by atoms with van der Waals surface area (Å²) in [7, 11) is 0. The SMILES string of the molecule is C1=CSC2=c3ccccc3=c3ncsc3=CC2=C1. The van der Waals surface area contributed by atoms with Crippen molar-refractivity contribution in [2.24, 2.45) is 0 Å². The van der Waals surface area contributed by atoms with Crippen molar-refractivity contribution in [3.63, 3.8) is 0 Å². The van der Waals surface area contributed by atoms with Crippen LogP contribution in [0.1, 0.15) is 0 Å². The zero-order valence-corrected chi connectivity index (χ0v) is 11.1. The van der Waals surface area contributed by atoms with Gasteiger partial charge in [0, 0.05) is 10.1 Å². The van der Waals surface area contributed by atoms with E-state index >= 15 is 0 Å². The number of hydrogen-bond donors (Lipinski definition) is 0. The van der Waals surface area contributed by atoms with Crippen molar-refractivity contribution >= 4 is 34.1 Å². The minimum atomic E-state index is 1.11. The summed E-state index contributed by atoms with van der Waals surface area (Å²) in [5.74, 6) is 0. The molecular formula is C15H9NS2. The molecule has 2 aliphatic rings. The van der Waals surface area contributed by atoms with Gasteiger partial charge in [-0.25, -0.2) is 4.98 Å². The molecule has 0 saturated heterocycles. The van der Waals surface area contributed by atoms with E-state index in [2.05, 4.69) is 52.9 Å². The fourth-order valence-corrected chi connectivity index (χ4v) is 3.92. The highest BCUT2D eigenvalue weighted by molar-refractivity contribution is 8.11. The number of aromatic nitrogens is 1. The van der Waals surface area contributed by atoms with Gasteiger partial charge in [-0.1, -0.05) is 48.2 Å². The van der Waals surface area contributed by atoms with E-state index in [9.17, 15) is 0 Å². The summed E-state index contributed by atoms with van der Waals surface area (Å²) < 4.78 is 1.25. The molecule has 0 spiro atoms. The molecule has 1 aliphatic heterocycles. The highest BCUT2D eigenvalue weighted by atomic mass is 32.2. The first-order valence-electron chi connectivity index (χ1n) is 5.72. The Bertz CT molecular complexity index is 900. The van der Waals surface area contributed by atoms with Crippen molar-refractivity contribution in [2.75, 3.05) is 0 Å². The van der Waals surface area contributed by atoms with Crippen molar-refractivity contribution in [1.82, 2.24) is 4.98 Å². The molecule has 2 heterocycles. The average Bonchev–Trinajstić information content (AvgIpc) is 2.83. The van der Waals surface area contributed by atoms with Crippen LogP contribution in [0, 0.1) is 10.6 Å². The number of nitrogens with zero attached hydrogens (tertiary/aromatic N) is 1. The summed E-state index contributed by atoms with van der Waals surface area (Å²) in [4.78, 5) is 5.86. The minimum absolute atomic E-state index is 1.11. The summed E-state index contributed by atoms with van der Waals surface area (Å²) >= 11 is 3.49. The molecule has 0 fully saturated rings. The third kappa shape index (κ3) is 1.44. The zero-order chi connectivity index (χ0) is 11.9. The van der Waals surface area contributed by atoms with E-state index in [-0.39, 0.29) is 0 Å². The molecular weight excluding hydrogens is 258 g/mol. The van der Waals surface area contributed by atoms with Crippen LogP contribution in [-0.4, -0.2) is 4.98 Å². The van der Waals surface area contributed by atoms with Crippen molar-refractivity contribution in [2.45, 2.75) is 0 Å². The van der Waals surface area contributed by atoms with E-state index in [1.165, 1.54) is 25.4 Å². The molecule has 1 aromatic heterocycles.